The van der Waals surface area contributed by atoms with Crippen molar-refractivity contribution in [3.05, 3.63) is 0 Å². The second-order valence-corrected chi connectivity index (χ2v) is 6.21. The molecule has 0 saturated carbocycles. The number of hydrogen-bond donors (Lipinski definition) is 3. The quantitative estimate of drug-likeness (QED) is 0.401. The molecule has 0 radical (unpaired) electrons. The molecule has 1 atom stereocenters. The van der Waals surface area contributed by atoms with E-state index >= 15 is 0 Å². The molecule has 0 aromatic heterocycles. The van der Waals surface area contributed by atoms with Crippen molar-refractivity contribution in [1.82, 2.24) is 0 Å². The zero-order valence-electron chi connectivity index (χ0n) is 13.6. The van der Waals surface area contributed by atoms with Gasteiger partial charge in [0.25, 0.3) is 0 Å². The summed E-state index contributed by atoms with van der Waals surface area (Å²) in [5.41, 5.74) is -1.09. The lowest BCUT2D eigenvalue weighted by Crippen LogP contribution is -2.33. The van der Waals surface area contributed by atoms with E-state index in [4.69, 9.17) is 5.11 Å². The highest BCUT2D eigenvalue weighted by molar-refractivity contribution is 5.66. The van der Waals surface area contributed by atoms with Gasteiger partial charge in [0, 0.05) is 6.42 Å². The summed E-state index contributed by atoms with van der Waals surface area (Å²) in [6.07, 6.45) is 12.4. The number of aliphatic hydroxyl groups excluding tert-OH is 1. The molecule has 0 aromatic rings. The molecule has 0 bridgehead atoms. The summed E-state index contributed by atoms with van der Waals surface area (Å²) in [6.45, 7) is 1.95. The second-order valence-electron chi connectivity index (χ2n) is 6.21. The first kappa shape index (κ1) is 20.4. The van der Waals surface area contributed by atoms with E-state index in [1.165, 1.54) is 44.9 Å². The van der Waals surface area contributed by atoms with Crippen LogP contribution in [-0.2, 0) is 4.79 Å². The molecule has 0 heterocycles. The normalized spacial score (nSPS) is 14.0. The molecule has 0 amide bonds. The minimum absolute atomic E-state index is 0.0556. The van der Waals surface area contributed by atoms with Gasteiger partial charge in [0.2, 0.25) is 0 Å². The highest BCUT2D eigenvalue weighted by atomic mass is 16.4. The van der Waals surface area contributed by atoms with Gasteiger partial charge in [-0.2, -0.15) is 0 Å². The maximum absolute atomic E-state index is 10.5. The van der Waals surface area contributed by atoms with Gasteiger partial charge in [0.15, 0.2) is 0 Å². The summed E-state index contributed by atoms with van der Waals surface area (Å²) in [7, 11) is 0. The lowest BCUT2D eigenvalue weighted by molar-refractivity contribution is -0.137. The molecule has 4 heteroatoms. The highest BCUT2D eigenvalue weighted by Gasteiger charge is 2.25. The smallest absolute Gasteiger partial charge is 0.303 e. The molecule has 0 aromatic carbocycles. The van der Waals surface area contributed by atoms with Crippen LogP contribution in [0.4, 0.5) is 0 Å². The molecule has 0 aliphatic carbocycles. The van der Waals surface area contributed by atoms with Crippen molar-refractivity contribution in [2.24, 2.45) is 0 Å². The average molecular weight is 302 g/mol. The van der Waals surface area contributed by atoms with Crippen LogP contribution in [0, 0.1) is 0 Å². The van der Waals surface area contributed by atoms with Crippen LogP contribution in [0.5, 0.6) is 0 Å². The van der Waals surface area contributed by atoms with Crippen molar-refractivity contribution in [2.75, 3.05) is 6.61 Å². The first-order valence-electron chi connectivity index (χ1n) is 8.59. The molecule has 0 spiro atoms. The zero-order chi connectivity index (χ0) is 16.0. The van der Waals surface area contributed by atoms with Crippen LogP contribution in [0.2, 0.25) is 0 Å². The lowest BCUT2D eigenvalue weighted by atomic mass is 9.91. The fourth-order valence-electron chi connectivity index (χ4n) is 2.62. The number of rotatable bonds is 15. The predicted octanol–water partition coefficient (Wildman–Crippen LogP) is 3.89. The number of hydrogen-bond acceptors (Lipinski definition) is 3. The van der Waals surface area contributed by atoms with Crippen molar-refractivity contribution in [3.63, 3.8) is 0 Å². The summed E-state index contributed by atoms with van der Waals surface area (Å²) >= 11 is 0. The maximum atomic E-state index is 10.5. The van der Waals surface area contributed by atoms with Crippen molar-refractivity contribution < 1.29 is 20.1 Å². The van der Waals surface area contributed by atoms with Gasteiger partial charge < -0.3 is 15.3 Å². The van der Waals surface area contributed by atoms with Gasteiger partial charge in [-0.25, -0.2) is 0 Å². The molecule has 0 aliphatic rings. The van der Waals surface area contributed by atoms with Crippen LogP contribution in [0.3, 0.4) is 0 Å². The monoisotopic (exact) mass is 302 g/mol. The van der Waals surface area contributed by atoms with Gasteiger partial charge in [0.05, 0.1) is 12.2 Å². The van der Waals surface area contributed by atoms with Crippen LogP contribution in [0.1, 0.15) is 90.4 Å². The van der Waals surface area contributed by atoms with Crippen LogP contribution in [0.25, 0.3) is 0 Å². The Morgan fingerprint density at radius 1 is 0.857 bits per heavy atom. The number of carbonyl (C=O) groups is 1. The topological polar surface area (TPSA) is 77.8 Å². The van der Waals surface area contributed by atoms with Crippen LogP contribution in [-0.4, -0.2) is 33.5 Å². The summed E-state index contributed by atoms with van der Waals surface area (Å²) in [6, 6.07) is 0. The number of unbranched alkanes of at least 4 members (excludes halogenated alkanes) is 8. The minimum Gasteiger partial charge on any atom is -0.481 e. The fraction of sp³-hybridized carbons (Fsp3) is 0.941. The van der Waals surface area contributed by atoms with Crippen molar-refractivity contribution in [1.29, 1.82) is 0 Å². The van der Waals surface area contributed by atoms with Crippen LogP contribution in [0.15, 0.2) is 0 Å². The number of aliphatic hydroxyl groups is 2. The Morgan fingerprint density at radius 3 is 1.81 bits per heavy atom. The van der Waals surface area contributed by atoms with Crippen molar-refractivity contribution in [2.45, 2.75) is 96.0 Å². The summed E-state index contributed by atoms with van der Waals surface area (Å²) in [4.78, 5) is 10.5. The molecule has 0 aliphatic heterocycles. The molecular formula is C17H34O4. The van der Waals surface area contributed by atoms with Gasteiger partial charge in [0.1, 0.15) is 0 Å². The molecule has 0 saturated heterocycles. The van der Waals surface area contributed by atoms with Gasteiger partial charge >= 0.3 is 5.97 Å². The van der Waals surface area contributed by atoms with Gasteiger partial charge in [-0.15, -0.1) is 0 Å². The van der Waals surface area contributed by atoms with Gasteiger partial charge in [-0.1, -0.05) is 64.7 Å². The van der Waals surface area contributed by atoms with Crippen molar-refractivity contribution >= 4 is 5.97 Å². The van der Waals surface area contributed by atoms with E-state index in [-0.39, 0.29) is 13.0 Å². The maximum Gasteiger partial charge on any atom is 0.303 e. The Morgan fingerprint density at radius 2 is 1.33 bits per heavy atom. The summed E-state index contributed by atoms with van der Waals surface area (Å²) < 4.78 is 0. The first-order chi connectivity index (χ1) is 10.0. The SMILES string of the molecule is CCCCCCCCCCCC(O)(CO)CCCC(=O)O. The Labute approximate surface area is 129 Å². The molecule has 4 nitrogen and oxygen atoms in total. The fourth-order valence-corrected chi connectivity index (χ4v) is 2.62. The Hall–Kier alpha value is -0.610. The number of carboxylic acid groups (broad SMARTS) is 1. The zero-order valence-corrected chi connectivity index (χ0v) is 13.6. The number of carboxylic acids is 1. The third-order valence-electron chi connectivity index (χ3n) is 4.07. The van der Waals surface area contributed by atoms with E-state index in [0.29, 0.717) is 19.3 Å². The van der Waals surface area contributed by atoms with Crippen LogP contribution < -0.4 is 0 Å². The summed E-state index contributed by atoms with van der Waals surface area (Å²) in [5.74, 6) is -0.849. The predicted molar refractivity (Wildman–Crippen MR) is 85.4 cm³/mol. The van der Waals surface area contributed by atoms with Gasteiger partial charge in [-0.3, -0.25) is 4.79 Å². The first-order valence-corrected chi connectivity index (χ1v) is 8.59. The Kier molecular flexibility index (Phi) is 12.7. The molecule has 126 valence electrons. The number of aliphatic carboxylic acids is 1. The molecule has 21 heavy (non-hydrogen) atoms. The van der Waals surface area contributed by atoms with Crippen molar-refractivity contribution in [3.8, 4) is 0 Å². The standard InChI is InChI=1S/C17H34O4/c1-2-3-4-5-6-7-8-9-10-13-17(21,15-18)14-11-12-16(19)20/h18,21H,2-15H2,1H3,(H,19,20). The Bertz CT molecular complexity index is 255. The largest absolute Gasteiger partial charge is 0.481 e. The summed E-state index contributed by atoms with van der Waals surface area (Å²) in [5, 5.41) is 28.1. The third kappa shape index (κ3) is 12.8. The second kappa shape index (κ2) is 13.1. The molecular weight excluding hydrogens is 268 g/mol. The van der Waals surface area contributed by atoms with E-state index in [2.05, 4.69) is 6.92 Å². The minimum atomic E-state index is -1.09. The molecule has 1 unspecified atom stereocenters. The van der Waals surface area contributed by atoms with Crippen LogP contribution >= 0.6 is 0 Å². The lowest BCUT2D eigenvalue weighted by Gasteiger charge is -2.25. The molecule has 0 fully saturated rings. The van der Waals surface area contributed by atoms with Gasteiger partial charge in [-0.05, 0) is 19.3 Å². The third-order valence-corrected chi connectivity index (χ3v) is 4.07. The highest BCUT2D eigenvalue weighted by Crippen LogP contribution is 2.22. The van der Waals surface area contributed by atoms with E-state index in [9.17, 15) is 15.0 Å². The van der Waals surface area contributed by atoms with E-state index in [1.807, 2.05) is 0 Å². The van der Waals surface area contributed by atoms with E-state index < -0.39 is 11.6 Å². The van der Waals surface area contributed by atoms with E-state index in [1.54, 1.807) is 0 Å². The molecule has 0 rings (SSSR count). The Balaban J connectivity index is 3.55. The van der Waals surface area contributed by atoms with E-state index in [0.717, 1.165) is 12.8 Å². The average Bonchev–Trinajstić information content (AvgIpc) is 2.45. The molecule has 3 N–H and O–H groups in total.